The predicted molar refractivity (Wildman–Crippen MR) is 73.5 cm³/mol. The number of aromatic nitrogens is 2. The number of imidazole rings is 1. The Morgan fingerprint density at radius 2 is 2.21 bits per heavy atom. The average Bonchev–Trinajstić information content (AvgIpc) is 3.01. The van der Waals surface area contributed by atoms with Crippen LogP contribution in [0, 0.1) is 5.82 Å². The highest BCUT2D eigenvalue weighted by atomic mass is 35.5. The predicted octanol–water partition coefficient (Wildman–Crippen LogP) is 3.47. The molecular formula is C14H16ClFN2O. The molecule has 0 atom stereocenters. The molecule has 0 radical (unpaired) electrons. The van der Waals surface area contributed by atoms with E-state index in [2.05, 4.69) is 16.5 Å². The highest BCUT2D eigenvalue weighted by Gasteiger charge is 2.41. The molecule has 0 amide bonds. The topological polar surface area (TPSA) is 27.1 Å². The number of benzene rings is 1. The molecule has 0 saturated heterocycles. The van der Waals surface area contributed by atoms with E-state index in [0.717, 1.165) is 24.2 Å². The minimum atomic E-state index is -0.377. The van der Waals surface area contributed by atoms with E-state index in [4.69, 9.17) is 16.3 Å². The van der Waals surface area contributed by atoms with Crippen molar-refractivity contribution in [3.8, 4) is 5.75 Å². The molecular weight excluding hydrogens is 267 g/mol. The van der Waals surface area contributed by atoms with Crippen LogP contribution in [0.5, 0.6) is 5.75 Å². The molecule has 5 heteroatoms. The second-order valence-electron chi connectivity index (χ2n) is 5.27. The van der Waals surface area contributed by atoms with Crippen LogP contribution in [0.1, 0.15) is 25.6 Å². The minimum absolute atomic E-state index is 0.0962. The minimum Gasteiger partial charge on any atom is -0.494 e. The van der Waals surface area contributed by atoms with Gasteiger partial charge in [0.1, 0.15) is 5.82 Å². The average molecular weight is 283 g/mol. The number of nitrogens with zero attached hydrogens (tertiary/aromatic N) is 2. The summed E-state index contributed by atoms with van der Waals surface area (Å²) >= 11 is 5.84. The Hall–Kier alpha value is -1.29. The Balaban J connectivity index is 2.25. The molecule has 102 valence electrons. The van der Waals surface area contributed by atoms with Gasteiger partial charge in [-0.25, -0.2) is 9.37 Å². The Kier molecular flexibility index (Phi) is 2.93. The van der Waals surface area contributed by atoms with Gasteiger partial charge in [0.05, 0.1) is 18.1 Å². The molecule has 2 aromatic rings. The maximum atomic E-state index is 13.8. The smallest absolute Gasteiger partial charge is 0.167 e. The van der Waals surface area contributed by atoms with Gasteiger partial charge in [0.15, 0.2) is 11.6 Å². The maximum absolute atomic E-state index is 13.8. The summed E-state index contributed by atoms with van der Waals surface area (Å²) in [5.74, 6) is 1.32. The molecule has 1 aliphatic carbocycles. The fourth-order valence-corrected chi connectivity index (χ4v) is 2.71. The van der Waals surface area contributed by atoms with Crippen molar-refractivity contribution in [3.63, 3.8) is 0 Å². The normalized spacial score (nSPS) is 16.8. The van der Waals surface area contributed by atoms with Gasteiger partial charge in [-0.15, -0.1) is 11.6 Å². The Bertz CT molecular complexity index is 634. The second kappa shape index (κ2) is 4.37. The highest BCUT2D eigenvalue weighted by Crippen LogP contribution is 2.46. The van der Waals surface area contributed by atoms with Gasteiger partial charge >= 0.3 is 0 Å². The Morgan fingerprint density at radius 1 is 1.47 bits per heavy atom. The molecule has 19 heavy (non-hydrogen) atoms. The van der Waals surface area contributed by atoms with Crippen molar-refractivity contribution in [1.82, 2.24) is 9.55 Å². The number of halogens is 2. The highest BCUT2D eigenvalue weighted by molar-refractivity contribution is 6.17. The number of aryl methyl sites for hydroxylation is 1. The summed E-state index contributed by atoms with van der Waals surface area (Å²) in [5, 5.41) is 0. The number of fused-ring (bicyclic) bond motifs is 1. The zero-order valence-electron chi connectivity index (χ0n) is 11.0. The molecule has 0 aliphatic heterocycles. The van der Waals surface area contributed by atoms with Crippen LogP contribution < -0.4 is 4.74 Å². The van der Waals surface area contributed by atoms with Crippen molar-refractivity contribution in [2.45, 2.75) is 31.7 Å². The Labute approximate surface area is 116 Å². The molecule has 0 unspecified atom stereocenters. The SMILES string of the molecule is COc1cc2c(cc1F)nc(CCCl)n2C1(C)CC1. The maximum Gasteiger partial charge on any atom is 0.167 e. The molecule has 0 spiro atoms. The molecule has 0 bridgehead atoms. The van der Waals surface area contributed by atoms with E-state index in [1.54, 1.807) is 6.07 Å². The summed E-state index contributed by atoms with van der Waals surface area (Å²) in [7, 11) is 1.48. The third kappa shape index (κ3) is 1.98. The summed E-state index contributed by atoms with van der Waals surface area (Å²) in [6.45, 7) is 2.20. The van der Waals surface area contributed by atoms with Crippen LogP contribution >= 0.6 is 11.6 Å². The number of alkyl halides is 1. The number of ether oxygens (including phenoxy) is 1. The summed E-state index contributed by atoms with van der Waals surface area (Å²) in [5.41, 5.74) is 1.70. The number of hydrogen-bond donors (Lipinski definition) is 0. The molecule has 1 aliphatic rings. The lowest BCUT2D eigenvalue weighted by Crippen LogP contribution is -2.16. The first-order chi connectivity index (χ1) is 9.09. The monoisotopic (exact) mass is 282 g/mol. The van der Waals surface area contributed by atoms with Gasteiger partial charge in [0.2, 0.25) is 0 Å². The van der Waals surface area contributed by atoms with E-state index in [0.29, 0.717) is 17.8 Å². The quantitative estimate of drug-likeness (QED) is 0.803. The molecule has 3 nitrogen and oxygen atoms in total. The van der Waals surface area contributed by atoms with Crippen molar-refractivity contribution in [2.24, 2.45) is 0 Å². The molecule has 3 rings (SSSR count). The van der Waals surface area contributed by atoms with Gasteiger partial charge in [-0.1, -0.05) is 0 Å². The summed E-state index contributed by atoms with van der Waals surface area (Å²) in [6.07, 6.45) is 2.93. The molecule has 1 aromatic heterocycles. The lowest BCUT2D eigenvalue weighted by Gasteiger charge is -2.16. The fraction of sp³-hybridized carbons (Fsp3) is 0.500. The fourth-order valence-electron chi connectivity index (χ4n) is 2.54. The zero-order chi connectivity index (χ0) is 13.6. The molecule has 1 heterocycles. The van der Waals surface area contributed by atoms with Crippen LogP contribution in [0.25, 0.3) is 11.0 Å². The zero-order valence-corrected chi connectivity index (χ0v) is 11.8. The van der Waals surface area contributed by atoms with E-state index >= 15 is 0 Å². The van der Waals surface area contributed by atoms with Crippen molar-refractivity contribution in [3.05, 3.63) is 23.8 Å². The third-order valence-corrected chi connectivity index (χ3v) is 4.02. The molecule has 1 aromatic carbocycles. The summed E-state index contributed by atoms with van der Waals surface area (Å²) in [6, 6.07) is 3.17. The van der Waals surface area contributed by atoms with E-state index in [1.165, 1.54) is 13.2 Å². The Morgan fingerprint density at radius 3 is 2.79 bits per heavy atom. The number of methoxy groups -OCH3 is 1. The van der Waals surface area contributed by atoms with Gasteiger partial charge in [0, 0.05) is 30.0 Å². The first kappa shape index (κ1) is 12.7. The van der Waals surface area contributed by atoms with Crippen molar-refractivity contribution >= 4 is 22.6 Å². The van der Waals surface area contributed by atoms with Crippen LogP contribution in [0.2, 0.25) is 0 Å². The lowest BCUT2D eigenvalue weighted by atomic mass is 10.2. The van der Waals surface area contributed by atoms with Gasteiger partial charge < -0.3 is 9.30 Å². The largest absolute Gasteiger partial charge is 0.494 e. The third-order valence-electron chi connectivity index (χ3n) is 3.83. The first-order valence-corrected chi connectivity index (χ1v) is 6.94. The second-order valence-corrected chi connectivity index (χ2v) is 5.65. The van der Waals surface area contributed by atoms with Crippen LogP contribution in [0.15, 0.2) is 12.1 Å². The van der Waals surface area contributed by atoms with Crippen LogP contribution in [0.3, 0.4) is 0 Å². The van der Waals surface area contributed by atoms with E-state index in [1.807, 2.05) is 0 Å². The van der Waals surface area contributed by atoms with Gasteiger partial charge in [0.25, 0.3) is 0 Å². The number of rotatable bonds is 4. The van der Waals surface area contributed by atoms with Crippen LogP contribution in [-0.2, 0) is 12.0 Å². The van der Waals surface area contributed by atoms with Crippen LogP contribution in [0.4, 0.5) is 4.39 Å². The molecule has 0 N–H and O–H groups in total. The van der Waals surface area contributed by atoms with Crippen molar-refractivity contribution in [1.29, 1.82) is 0 Å². The van der Waals surface area contributed by atoms with E-state index < -0.39 is 0 Å². The van der Waals surface area contributed by atoms with Crippen molar-refractivity contribution in [2.75, 3.05) is 13.0 Å². The van der Waals surface area contributed by atoms with Gasteiger partial charge in [-0.2, -0.15) is 0 Å². The summed E-state index contributed by atoms with van der Waals surface area (Å²) in [4.78, 5) is 4.53. The first-order valence-electron chi connectivity index (χ1n) is 6.40. The lowest BCUT2D eigenvalue weighted by molar-refractivity contribution is 0.387. The number of hydrogen-bond acceptors (Lipinski definition) is 2. The van der Waals surface area contributed by atoms with Gasteiger partial charge in [-0.3, -0.25) is 0 Å². The molecule has 1 saturated carbocycles. The van der Waals surface area contributed by atoms with E-state index in [-0.39, 0.29) is 17.1 Å². The van der Waals surface area contributed by atoms with Crippen molar-refractivity contribution < 1.29 is 9.13 Å². The molecule has 1 fully saturated rings. The van der Waals surface area contributed by atoms with E-state index in [9.17, 15) is 4.39 Å². The summed E-state index contributed by atoms with van der Waals surface area (Å²) < 4.78 is 21.0. The van der Waals surface area contributed by atoms with Crippen LogP contribution in [-0.4, -0.2) is 22.5 Å². The standard InChI is InChI=1S/C14H16ClFN2O/c1-14(4-5-14)18-11-8-12(19-2)9(16)7-10(11)17-13(18)3-6-15/h7-8H,3-6H2,1-2H3. The van der Waals surface area contributed by atoms with Gasteiger partial charge in [-0.05, 0) is 19.8 Å².